The molecule has 2 aliphatic rings. The number of hydrogen-bond donors (Lipinski definition) is 0. The largest absolute Gasteiger partial charge is 0.467 e. The van der Waals surface area contributed by atoms with Crippen LogP contribution in [-0.4, -0.2) is 21.6 Å². The van der Waals surface area contributed by atoms with E-state index in [0.29, 0.717) is 17.9 Å². The number of para-hydroxylation sites is 1. The van der Waals surface area contributed by atoms with Crippen molar-refractivity contribution in [1.29, 1.82) is 0 Å². The van der Waals surface area contributed by atoms with Gasteiger partial charge in [0.05, 0.1) is 12.3 Å². The third kappa shape index (κ3) is 2.73. The Morgan fingerprint density at radius 2 is 1.90 bits per heavy atom. The van der Waals surface area contributed by atoms with Crippen LogP contribution in [0.5, 0.6) is 5.75 Å². The predicted octanol–water partition coefficient (Wildman–Crippen LogP) is 4.91. The Kier molecular flexibility index (Phi) is 3.96. The fourth-order valence-electron chi connectivity index (χ4n) is 4.13. The number of rotatable bonds is 2. The van der Waals surface area contributed by atoms with E-state index in [1.54, 1.807) is 34.1 Å². The molecule has 2 atom stereocenters. The van der Waals surface area contributed by atoms with Crippen molar-refractivity contribution in [2.45, 2.75) is 25.1 Å². The third-order valence-electron chi connectivity index (χ3n) is 5.40. The van der Waals surface area contributed by atoms with Crippen LogP contribution in [0.2, 0.25) is 0 Å². The number of thiocarbonyl (C=S) groups is 1. The molecule has 1 amide bonds. The van der Waals surface area contributed by atoms with Crippen LogP contribution in [0.4, 0.5) is 10.1 Å². The number of carbonyl (C=O) groups excluding carboxylic acids is 1. The van der Waals surface area contributed by atoms with Gasteiger partial charge in [-0.05, 0) is 61.6 Å². The second kappa shape index (κ2) is 6.42. The molecule has 3 heterocycles. The maximum absolute atomic E-state index is 13.5. The van der Waals surface area contributed by atoms with Crippen LogP contribution in [0, 0.1) is 5.82 Å². The van der Waals surface area contributed by atoms with Gasteiger partial charge in [0, 0.05) is 17.7 Å². The highest BCUT2D eigenvalue weighted by atomic mass is 32.1. The molecule has 3 aromatic rings. The summed E-state index contributed by atoms with van der Waals surface area (Å²) in [5, 5.41) is 0.284. The molecule has 5 nitrogen and oxygen atoms in total. The summed E-state index contributed by atoms with van der Waals surface area (Å²) in [5.74, 6) is 0.228. The monoisotopic (exact) mass is 408 g/mol. The number of benzene rings is 2. The smallest absolute Gasteiger partial charge is 0.296 e. The number of halogens is 1. The summed E-state index contributed by atoms with van der Waals surface area (Å²) in [6, 6.07) is 16.6. The van der Waals surface area contributed by atoms with E-state index in [9.17, 15) is 9.18 Å². The fourth-order valence-corrected chi connectivity index (χ4v) is 4.64. The zero-order valence-electron chi connectivity index (χ0n) is 15.5. The van der Waals surface area contributed by atoms with Crippen LogP contribution in [-0.2, 0) is 0 Å². The molecular weight excluding hydrogens is 391 g/mol. The molecule has 0 N–H and O–H groups in total. The average Bonchev–Trinajstić information content (AvgIpc) is 3.24. The number of furan rings is 1. The quantitative estimate of drug-likeness (QED) is 0.564. The number of amides is 1. The first kappa shape index (κ1) is 17.9. The van der Waals surface area contributed by atoms with E-state index >= 15 is 0 Å². The van der Waals surface area contributed by atoms with E-state index in [4.69, 9.17) is 21.4 Å². The molecule has 1 aromatic heterocycles. The molecule has 2 bridgehead atoms. The van der Waals surface area contributed by atoms with Crippen LogP contribution in [0.1, 0.15) is 35.5 Å². The molecule has 5 rings (SSSR count). The van der Waals surface area contributed by atoms with Gasteiger partial charge in [0.1, 0.15) is 11.6 Å². The second-order valence-electron chi connectivity index (χ2n) is 7.28. The van der Waals surface area contributed by atoms with Crippen molar-refractivity contribution >= 4 is 28.9 Å². The minimum atomic E-state index is -0.826. The maximum atomic E-state index is 13.5. The van der Waals surface area contributed by atoms with E-state index in [2.05, 4.69) is 0 Å². The Balaban J connectivity index is 1.68. The highest BCUT2D eigenvalue weighted by Crippen LogP contribution is 2.49. The first-order valence-corrected chi connectivity index (χ1v) is 9.63. The fraction of sp³-hybridized carbons (Fsp3) is 0.182. The molecule has 146 valence electrons. The molecule has 1 fully saturated rings. The van der Waals surface area contributed by atoms with E-state index < -0.39 is 5.72 Å². The molecule has 1 saturated heterocycles. The SMILES string of the molecule is C[C@@]12C[C@@H](c3ccccc3O1)N(C(=O)c1ccco1)C(=S)N2c1ccc(F)cc1. The van der Waals surface area contributed by atoms with Gasteiger partial charge >= 0.3 is 0 Å². The molecule has 7 heteroatoms. The molecule has 29 heavy (non-hydrogen) atoms. The van der Waals surface area contributed by atoms with Crippen molar-refractivity contribution in [3.05, 3.63) is 84.1 Å². The molecule has 0 unspecified atom stereocenters. The van der Waals surface area contributed by atoms with Gasteiger partial charge in [0.2, 0.25) is 0 Å². The van der Waals surface area contributed by atoms with Crippen molar-refractivity contribution < 1.29 is 18.3 Å². The van der Waals surface area contributed by atoms with E-state index in [1.165, 1.54) is 18.4 Å². The molecule has 0 radical (unpaired) electrons. The summed E-state index contributed by atoms with van der Waals surface area (Å²) in [7, 11) is 0. The zero-order valence-corrected chi connectivity index (χ0v) is 16.4. The number of anilines is 1. The highest BCUT2D eigenvalue weighted by Gasteiger charge is 2.53. The molecule has 2 aliphatic heterocycles. The Morgan fingerprint density at radius 3 is 2.62 bits per heavy atom. The number of hydrogen-bond acceptors (Lipinski definition) is 4. The normalized spacial score (nSPS) is 22.8. The van der Waals surface area contributed by atoms with Gasteiger partial charge in [-0.15, -0.1) is 0 Å². The Labute approximate surface area is 172 Å². The summed E-state index contributed by atoms with van der Waals surface area (Å²) in [4.78, 5) is 16.7. The summed E-state index contributed by atoms with van der Waals surface area (Å²) in [5.41, 5.74) is 0.716. The van der Waals surface area contributed by atoms with E-state index in [-0.39, 0.29) is 28.6 Å². The van der Waals surface area contributed by atoms with Crippen LogP contribution in [0.25, 0.3) is 0 Å². The first-order valence-electron chi connectivity index (χ1n) is 9.23. The molecule has 2 aromatic carbocycles. The van der Waals surface area contributed by atoms with E-state index in [0.717, 1.165) is 5.56 Å². The maximum Gasteiger partial charge on any atom is 0.296 e. The van der Waals surface area contributed by atoms with Gasteiger partial charge in [-0.2, -0.15) is 0 Å². The lowest BCUT2D eigenvalue weighted by atomic mass is 9.88. The predicted molar refractivity (Wildman–Crippen MR) is 109 cm³/mol. The first-order chi connectivity index (χ1) is 14.0. The summed E-state index contributed by atoms with van der Waals surface area (Å²) in [6.07, 6.45) is 1.95. The minimum absolute atomic E-state index is 0.207. The van der Waals surface area contributed by atoms with Crippen molar-refractivity contribution in [3.63, 3.8) is 0 Å². The Morgan fingerprint density at radius 1 is 1.14 bits per heavy atom. The van der Waals surface area contributed by atoms with Gasteiger partial charge < -0.3 is 9.15 Å². The zero-order chi connectivity index (χ0) is 20.2. The lowest BCUT2D eigenvalue weighted by molar-refractivity contribution is 0.0174. The minimum Gasteiger partial charge on any atom is -0.467 e. The van der Waals surface area contributed by atoms with Crippen molar-refractivity contribution in [1.82, 2.24) is 4.90 Å². The highest BCUT2D eigenvalue weighted by molar-refractivity contribution is 7.80. The third-order valence-corrected chi connectivity index (χ3v) is 5.78. The molecular formula is C22H17FN2O3S. The van der Waals surface area contributed by atoms with E-state index in [1.807, 2.05) is 31.2 Å². The molecule has 0 spiro atoms. The Bertz CT molecular complexity index is 1100. The average molecular weight is 408 g/mol. The van der Waals surface area contributed by atoms with Gasteiger partial charge in [0.15, 0.2) is 16.6 Å². The topological polar surface area (TPSA) is 45.9 Å². The van der Waals surface area contributed by atoms with Crippen LogP contribution in [0.3, 0.4) is 0 Å². The standard InChI is InChI=1S/C22H17FN2O3S/c1-22-13-17(16-5-2-3-6-18(16)28-22)24(20(26)19-7-4-12-27-19)21(29)25(22)15-10-8-14(23)9-11-15/h2-12,17H,13H2,1H3/t17-,22-/m0/s1. The van der Waals surface area contributed by atoms with Crippen molar-refractivity contribution in [2.75, 3.05) is 4.90 Å². The lowest BCUT2D eigenvalue weighted by Crippen LogP contribution is -2.67. The summed E-state index contributed by atoms with van der Waals surface area (Å²) in [6.45, 7) is 1.93. The molecule has 0 saturated carbocycles. The van der Waals surface area contributed by atoms with Crippen molar-refractivity contribution in [2.24, 2.45) is 0 Å². The second-order valence-corrected chi connectivity index (χ2v) is 7.65. The number of ether oxygens (including phenoxy) is 1. The van der Waals surface area contributed by atoms with Crippen LogP contribution >= 0.6 is 12.2 Å². The summed E-state index contributed by atoms with van der Waals surface area (Å²) < 4.78 is 25.2. The van der Waals surface area contributed by atoms with Gasteiger partial charge in [-0.25, -0.2) is 4.39 Å². The van der Waals surface area contributed by atoms with Crippen molar-refractivity contribution in [3.8, 4) is 5.75 Å². The van der Waals surface area contributed by atoms with Crippen LogP contribution in [0.15, 0.2) is 71.3 Å². The number of fused-ring (bicyclic) bond motifs is 4. The van der Waals surface area contributed by atoms with Gasteiger partial charge in [-0.3, -0.25) is 14.6 Å². The number of carbonyl (C=O) groups is 1. The van der Waals surface area contributed by atoms with Gasteiger partial charge in [0.25, 0.3) is 5.91 Å². The lowest BCUT2D eigenvalue weighted by Gasteiger charge is -2.55. The molecule has 0 aliphatic carbocycles. The number of nitrogens with zero attached hydrogens (tertiary/aromatic N) is 2. The Hall–Kier alpha value is -3.19. The van der Waals surface area contributed by atoms with Crippen LogP contribution < -0.4 is 9.64 Å². The summed E-state index contributed by atoms with van der Waals surface area (Å²) >= 11 is 5.78. The van der Waals surface area contributed by atoms with Gasteiger partial charge in [-0.1, -0.05) is 18.2 Å².